The fourth-order valence-electron chi connectivity index (χ4n) is 3.68. The lowest BCUT2D eigenvalue weighted by Crippen LogP contribution is -2.48. The smallest absolute Gasteiger partial charge is 0.146 e. The van der Waals surface area contributed by atoms with Gasteiger partial charge in [-0.1, -0.05) is 6.92 Å². The minimum Gasteiger partial charge on any atom is -0.375 e. The van der Waals surface area contributed by atoms with Crippen molar-refractivity contribution in [3.05, 3.63) is 29.8 Å². The molecule has 1 N–H and O–H groups in total. The van der Waals surface area contributed by atoms with Crippen LogP contribution in [0.25, 0.3) is 0 Å². The SMILES string of the molecule is CCCNC(c1ncccc1F)C1CCOC2(CCC2)C1. The van der Waals surface area contributed by atoms with Crippen molar-refractivity contribution in [1.82, 2.24) is 10.3 Å². The molecule has 4 heteroatoms. The number of halogens is 1. The minimum atomic E-state index is -0.194. The Kier molecular flexibility index (Phi) is 4.55. The van der Waals surface area contributed by atoms with Crippen molar-refractivity contribution in [3.63, 3.8) is 0 Å². The molecule has 1 aliphatic heterocycles. The number of aromatic nitrogens is 1. The highest BCUT2D eigenvalue weighted by Gasteiger charge is 2.44. The summed E-state index contributed by atoms with van der Waals surface area (Å²) in [7, 11) is 0. The third-order valence-electron chi connectivity index (χ3n) is 4.96. The summed E-state index contributed by atoms with van der Waals surface area (Å²) in [4.78, 5) is 4.32. The van der Waals surface area contributed by atoms with Crippen LogP contribution < -0.4 is 5.32 Å². The Hall–Kier alpha value is -1.00. The zero-order valence-electron chi connectivity index (χ0n) is 12.8. The van der Waals surface area contributed by atoms with Crippen LogP contribution in [0.15, 0.2) is 18.3 Å². The molecule has 0 radical (unpaired) electrons. The summed E-state index contributed by atoms with van der Waals surface area (Å²) in [5.74, 6) is 0.218. The summed E-state index contributed by atoms with van der Waals surface area (Å²) < 4.78 is 20.2. The van der Waals surface area contributed by atoms with Gasteiger partial charge in [-0.3, -0.25) is 4.98 Å². The molecule has 1 aliphatic carbocycles. The average Bonchev–Trinajstić information content (AvgIpc) is 2.48. The monoisotopic (exact) mass is 292 g/mol. The highest BCUT2D eigenvalue weighted by atomic mass is 19.1. The molecule has 3 rings (SSSR count). The fourth-order valence-corrected chi connectivity index (χ4v) is 3.68. The molecule has 3 nitrogen and oxygen atoms in total. The van der Waals surface area contributed by atoms with Gasteiger partial charge in [0.05, 0.1) is 17.3 Å². The van der Waals surface area contributed by atoms with E-state index in [9.17, 15) is 4.39 Å². The summed E-state index contributed by atoms with van der Waals surface area (Å²) in [5.41, 5.74) is 0.660. The second-order valence-electron chi connectivity index (χ2n) is 6.44. The predicted molar refractivity (Wildman–Crippen MR) is 80.5 cm³/mol. The number of nitrogens with zero attached hydrogens (tertiary/aromatic N) is 1. The molecule has 1 saturated carbocycles. The molecular weight excluding hydrogens is 267 g/mol. The van der Waals surface area contributed by atoms with Crippen LogP contribution in [0.1, 0.15) is 57.2 Å². The normalized spacial score (nSPS) is 25.5. The van der Waals surface area contributed by atoms with E-state index in [1.165, 1.54) is 12.5 Å². The van der Waals surface area contributed by atoms with Crippen molar-refractivity contribution in [2.45, 2.75) is 57.1 Å². The fraction of sp³-hybridized carbons (Fsp3) is 0.706. The first-order chi connectivity index (χ1) is 10.2. The van der Waals surface area contributed by atoms with Crippen LogP contribution in [0.4, 0.5) is 4.39 Å². The zero-order chi connectivity index (χ0) is 14.7. The van der Waals surface area contributed by atoms with E-state index in [2.05, 4.69) is 17.2 Å². The van der Waals surface area contributed by atoms with E-state index in [1.54, 1.807) is 12.3 Å². The number of ether oxygens (including phenoxy) is 1. The van der Waals surface area contributed by atoms with Gasteiger partial charge in [0.1, 0.15) is 5.82 Å². The largest absolute Gasteiger partial charge is 0.375 e. The van der Waals surface area contributed by atoms with Crippen LogP contribution in [0, 0.1) is 11.7 Å². The van der Waals surface area contributed by atoms with Gasteiger partial charge in [-0.2, -0.15) is 0 Å². The lowest BCUT2D eigenvalue weighted by atomic mass is 9.70. The molecule has 2 atom stereocenters. The van der Waals surface area contributed by atoms with Gasteiger partial charge in [0, 0.05) is 12.8 Å². The van der Waals surface area contributed by atoms with Crippen LogP contribution in [0.3, 0.4) is 0 Å². The average molecular weight is 292 g/mol. The lowest BCUT2D eigenvalue weighted by molar-refractivity contribution is -0.147. The zero-order valence-corrected chi connectivity index (χ0v) is 12.8. The maximum Gasteiger partial charge on any atom is 0.146 e. The molecule has 1 spiro atoms. The van der Waals surface area contributed by atoms with Gasteiger partial charge in [0.15, 0.2) is 0 Å². The van der Waals surface area contributed by atoms with Gasteiger partial charge in [0.2, 0.25) is 0 Å². The highest BCUT2D eigenvalue weighted by Crippen LogP contribution is 2.47. The first-order valence-corrected chi connectivity index (χ1v) is 8.22. The van der Waals surface area contributed by atoms with E-state index < -0.39 is 0 Å². The Morgan fingerprint density at radius 3 is 3.05 bits per heavy atom. The maximum atomic E-state index is 14.2. The first-order valence-electron chi connectivity index (χ1n) is 8.22. The summed E-state index contributed by atoms with van der Waals surface area (Å²) in [6, 6.07) is 3.18. The number of pyridine rings is 1. The second-order valence-corrected chi connectivity index (χ2v) is 6.44. The van der Waals surface area contributed by atoms with E-state index in [4.69, 9.17) is 4.74 Å². The number of hydrogen-bond donors (Lipinski definition) is 1. The van der Waals surface area contributed by atoms with Crippen molar-refractivity contribution in [2.24, 2.45) is 5.92 Å². The molecule has 1 aromatic rings. The van der Waals surface area contributed by atoms with Crippen LogP contribution in [0.2, 0.25) is 0 Å². The van der Waals surface area contributed by atoms with Gasteiger partial charge >= 0.3 is 0 Å². The Morgan fingerprint density at radius 2 is 2.38 bits per heavy atom. The van der Waals surface area contributed by atoms with Crippen molar-refractivity contribution in [3.8, 4) is 0 Å². The van der Waals surface area contributed by atoms with Gasteiger partial charge in [-0.15, -0.1) is 0 Å². The predicted octanol–water partition coefficient (Wildman–Crippen LogP) is 3.61. The molecule has 0 bridgehead atoms. The molecule has 2 heterocycles. The Bertz CT molecular complexity index is 476. The number of rotatable bonds is 5. The van der Waals surface area contributed by atoms with Crippen LogP contribution in [-0.2, 0) is 4.74 Å². The summed E-state index contributed by atoms with van der Waals surface area (Å²) in [5, 5.41) is 3.52. The van der Waals surface area contributed by atoms with Crippen LogP contribution >= 0.6 is 0 Å². The topological polar surface area (TPSA) is 34.2 Å². The van der Waals surface area contributed by atoms with Crippen molar-refractivity contribution in [1.29, 1.82) is 0 Å². The van der Waals surface area contributed by atoms with E-state index in [1.807, 2.05) is 0 Å². The molecule has 0 amide bonds. The summed E-state index contributed by atoms with van der Waals surface area (Å²) >= 11 is 0. The van der Waals surface area contributed by atoms with E-state index >= 15 is 0 Å². The van der Waals surface area contributed by atoms with Crippen molar-refractivity contribution < 1.29 is 9.13 Å². The lowest BCUT2D eigenvalue weighted by Gasteiger charge is -2.48. The molecule has 1 aromatic heterocycles. The summed E-state index contributed by atoms with van der Waals surface area (Å²) in [6.07, 6.45) is 8.33. The molecule has 1 saturated heterocycles. The maximum absolute atomic E-state index is 14.2. The van der Waals surface area contributed by atoms with E-state index in [0.29, 0.717) is 11.6 Å². The van der Waals surface area contributed by atoms with Crippen LogP contribution in [-0.4, -0.2) is 23.7 Å². The quantitative estimate of drug-likeness (QED) is 0.900. The van der Waals surface area contributed by atoms with E-state index in [0.717, 1.165) is 45.3 Å². The van der Waals surface area contributed by atoms with E-state index in [-0.39, 0.29) is 17.5 Å². The second kappa shape index (κ2) is 6.41. The standard InChI is InChI=1S/C17H25FN2O/c1-2-9-19-15(16-14(18)5-3-10-20-16)13-6-11-21-17(12-13)7-4-8-17/h3,5,10,13,15,19H,2,4,6-9,11-12H2,1H3. The molecule has 2 unspecified atom stereocenters. The molecule has 2 fully saturated rings. The van der Waals surface area contributed by atoms with Gasteiger partial charge in [-0.05, 0) is 63.1 Å². The first kappa shape index (κ1) is 14.9. The molecule has 2 aliphatic rings. The Labute approximate surface area is 126 Å². The molecule has 21 heavy (non-hydrogen) atoms. The van der Waals surface area contributed by atoms with Crippen molar-refractivity contribution >= 4 is 0 Å². The van der Waals surface area contributed by atoms with Crippen LogP contribution in [0.5, 0.6) is 0 Å². The van der Waals surface area contributed by atoms with Crippen molar-refractivity contribution in [2.75, 3.05) is 13.2 Å². The Morgan fingerprint density at radius 1 is 1.52 bits per heavy atom. The summed E-state index contributed by atoms with van der Waals surface area (Å²) in [6.45, 7) is 3.82. The van der Waals surface area contributed by atoms with Gasteiger partial charge in [-0.25, -0.2) is 4.39 Å². The third kappa shape index (κ3) is 3.11. The molecular formula is C17H25FN2O. The number of hydrogen-bond acceptors (Lipinski definition) is 3. The minimum absolute atomic E-state index is 0.00697. The number of nitrogens with one attached hydrogen (secondary N) is 1. The van der Waals surface area contributed by atoms with Gasteiger partial charge < -0.3 is 10.1 Å². The highest BCUT2D eigenvalue weighted by molar-refractivity contribution is 5.14. The molecule has 0 aromatic carbocycles. The third-order valence-corrected chi connectivity index (χ3v) is 4.96. The Balaban J connectivity index is 1.80. The van der Waals surface area contributed by atoms with Gasteiger partial charge in [0.25, 0.3) is 0 Å². The molecule has 116 valence electrons.